The molecule has 7 nitrogen and oxygen atoms in total. The maximum absolute atomic E-state index is 4.38. The second-order valence-corrected chi connectivity index (χ2v) is 6.67. The van der Waals surface area contributed by atoms with Crippen LogP contribution in [-0.4, -0.2) is 53.4 Å². The number of aryl methyl sites for hydroxylation is 1. The third kappa shape index (κ3) is 5.47. The van der Waals surface area contributed by atoms with Gasteiger partial charge in [-0.2, -0.15) is 0 Å². The Kier molecular flexibility index (Phi) is 6.87. The lowest BCUT2D eigenvalue weighted by atomic mass is 10.1. The normalized spacial score (nSPS) is 18.0. The zero-order chi connectivity index (χ0) is 18.0. The number of hydrogen-bond acceptors (Lipinski definition) is 4. The van der Waals surface area contributed by atoms with Gasteiger partial charge < -0.3 is 20.1 Å². The molecule has 0 aliphatic carbocycles. The van der Waals surface area contributed by atoms with Gasteiger partial charge in [-0.15, -0.1) is 10.2 Å². The van der Waals surface area contributed by atoms with Crippen molar-refractivity contribution in [1.82, 2.24) is 25.4 Å². The van der Waals surface area contributed by atoms with Crippen LogP contribution in [0.2, 0.25) is 0 Å². The highest BCUT2D eigenvalue weighted by molar-refractivity contribution is 5.80. The molecule has 0 radical (unpaired) electrons. The predicted molar refractivity (Wildman–Crippen MR) is 105 cm³/mol. The predicted octanol–water partition coefficient (Wildman–Crippen LogP) is 1.89. The maximum Gasteiger partial charge on any atom is 0.191 e. The van der Waals surface area contributed by atoms with Gasteiger partial charge in [-0.1, -0.05) is 18.2 Å². The molecule has 0 spiro atoms. The molecule has 1 atom stereocenters. The number of piperidine rings is 1. The molecule has 7 heteroatoms. The van der Waals surface area contributed by atoms with Crippen molar-refractivity contribution in [3.8, 4) is 0 Å². The Hall–Kier alpha value is -2.57. The van der Waals surface area contributed by atoms with Gasteiger partial charge in [0.15, 0.2) is 5.96 Å². The lowest BCUT2D eigenvalue weighted by molar-refractivity contribution is 0.467. The summed E-state index contributed by atoms with van der Waals surface area (Å²) in [6, 6.07) is 11.1. The molecule has 1 fully saturated rings. The number of nitrogens with zero attached hydrogens (tertiary/aromatic N) is 5. The third-order valence-electron chi connectivity index (χ3n) is 4.71. The summed E-state index contributed by atoms with van der Waals surface area (Å²) in [6.07, 6.45) is 8.07. The van der Waals surface area contributed by atoms with E-state index in [1.54, 1.807) is 12.7 Å². The number of nitrogens with one attached hydrogen (secondary N) is 2. The Morgan fingerprint density at radius 1 is 1.19 bits per heavy atom. The summed E-state index contributed by atoms with van der Waals surface area (Å²) in [6.45, 7) is 4.00. The van der Waals surface area contributed by atoms with Gasteiger partial charge in [0.25, 0.3) is 0 Å². The van der Waals surface area contributed by atoms with Gasteiger partial charge in [-0.25, -0.2) is 0 Å². The number of para-hydroxylation sites is 1. The zero-order valence-electron chi connectivity index (χ0n) is 15.5. The molecule has 1 saturated heterocycles. The van der Waals surface area contributed by atoms with Crippen molar-refractivity contribution in [1.29, 1.82) is 0 Å². The topological polar surface area (TPSA) is 70.4 Å². The first kappa shape index (κ1) is 18.2. The van der Waals surface area contributed by atoms with E-state index < -0.39 is 0 Å². The van der Waals surface area contributed by atoms with E-state index in [1.165, 1.54) is 18.5 Å². The highest BCUT2D eigenvalue weighted by atomic mass is 15.2. The van der Waals surface area contributed by atoms with E-state index in [1.807, 2.05) is 11.6 Å². The lowest BCUT2D eigenvalue weighted by Gasteiger charge is -2.35. The van der Waals surface area contributed by atoms with Crippen LogP contribution < -0.4 is 15.5 Å². The molecule has 1 aromatic carbocycles. The van der Waals surface area contributed by atoms with Crippen molar-refractivity contribution in [3.05, 3.63) is 43.0 Å². The standard InChI is InChI=1S/C19H29N7/c1-20-19(21-11-5-6-12-25-15-22-23-16-25)24-17-8-7-13-26(14-17)18-9-3-2-4-10-18/h2-4,9-10,15-17H,5-8,11-14H2,1H3,(H2,20,21,24). The summed E-state index contributed by atoms with van der Waals surface area (Å²) >= 11 is 0. The lowest BCUT2D eigenvalue weighted by Crippen LogP contribution is -2.51. The molecule has 140 valence electrons. The molecule has 1 aliphatic rings. The Labute approximate surface area is 155 Å². The van der Waals surface area contributed by atoms with Crippen molar-refractivity contribution in [2.45, 2.75) is 38.3 Å². The molecule has 0 amide bonds. The largest absolute Gasteiger partial charge is 0.369 e. The average molecular weight is 355 g/mol. The first-order valence-corrected chi connectivity index (χ1v) is 9.45. The maximum atomic E-state index is 4.38. The van der Waals surface area contributed by atoms with Crippen molar-refractivity contribution >= 4 is 11.6 Å². The molecule has 1 aliphatic heterocycles. The second-order valence-electron chi connectivity index (χ2n) is 6.67. The minimum absolute atomic E-state index is 0.423. The van der Waals surface area contributed by atoms with Crippen LogP contribution in [0.15, 0.2) is 48.0 Å². The minimum atomic E-state index is 0.423. The van der Waals surface area contributed by atoms with E-state index in [-0.39, 0.29) is 0 Å². The number of anilines is 1. The van der Waals surface area contributed by atoms with Gasteiger partial charge in [-0.05, 0) is 37.8 Å². The Bertz CT molecular complexity index is 654. The van der Waals surface area contributed by atoms with E-state index in [9.17, 15) is 0 Å². The Morgan fingerprint density at radius 2 is 2.00 bits per heavy atom. The second kappa shape index (κ2) is 9.79. The first-order chi connectivity index (χ1) is 12.8. The summed E-state index contributed by atoms with van der Waals surface area (Å²) < 4.78 is 2.01. The number of aliphatic imine (C=N–C) groups is 1. The van der Waals surface area contributed by atoms with Gasteiger partial charge in [0.2, 0.25) is 0 Å². The highest BCUT2D eigenvalue weighted by Crippen LogP contribution is 2.19. The van der Waals surface area contributed by atoms with E-state index in [0.29, 0.717) is 6.04 Å². The molecular formula is C19H29N7. The van der Waals surface area contributed by atoms with Crippen LogP contribution in [0.5, 0.6) is 0 Å². The van der Waals surface area contributed by atoms with Crippen molar-refractivity contribution in [3.63, 3.8) is 0 Å². The quantitative estimate of drug-likeness (QED) is 0.451. The molecule has 2 heterocycles. The van der Waals surface area contributed by atoms with E-state index in [0.717, 1.165) is 45.0 Å². The Balaban J connectivity index is 1.38. The number of aromatic nitrogens is 3. The van der Waals surface area contributed by atoms with E-state index >= 15 is 0 Å². The molecule has 0 saturated carbocycles. The van der Waals surface area contributed by atoms with Gasteiger partial charge >= 0.3 is 0 Å². The van der Waals surface area contributed by atoms with Gasteiger partial charge in [-0.3, -0.25) is 4.99 Å². The first-order valence-electron chi connectivity index (χ1n) is 9.45. The molecule has 0 bridgehead atoms. The summed E-state index contributed by atoms with van der Waals surface area (Å²) in [5, 5.41) is 14.7. The summed E-state index contributed by atoms with van der Waals surface area (Å²) in [4.78, 5) is 6.83. The number of unbranched alkanes of at least 4 members (excludes halogenated alkanes) is 1. The van der Waals surface area contributed by atoms with Crippen LogP contribution in [-0.2, 0) is 6.54 Å². The van der Waals surface area contributed by atoms with Crippen molar-refractivity contribution in [2.75, 3.05) is 31.6 Å². The fraction of sp³-hybridized carbons (Fsp3) is 0.526. The zero-order valence-corrected chi connectivity index (χ0v) is 15.5. The molecule has 1 aromatic heterocycles. The molecule has 2 N–H and O–H groups in total. The molecule has 1 unspecified atom stereocenters. The van der Waals surface area contributed by atoms with Crippen LogP contribution >= 0.6 is 0 Å². The van der Waals surface area contributed by atoms with Crippen LogP contribution in [0.4, 0.5) is 5.69 Å². The summed E-state index contributed by atoms with van der Waals surface area (Å²) in [5.74, 6) is 0.897. The molecular weight excluding hydrogens is 326 g/mol. The van der Waals surface area contributed by atoms with Gasteiger partial charge in [0, 0.05) is 45.0 Å². The average Bonchev–Trinajstić information content (AvgIpc) is 3.21. The van der Waals surface area contributed by atoms with Crippen molar-refractivity contribution < 1.29 is 0 Å². The monoisotopic (exact) mass is 355 g/mol. The molecule has 26 heavy (non-hydrogen) atoms. The van der Waals surface area contributed by atoms with Crippen LogP contribution in [0.25, 0.3) is 0 Å². The number of hydrogen-bond donors (Lipinski definition) is 2. The van der Waals surface area contributed by atoms with Crippen LogP contribution in [0.3, 0.4) is 0 Å². The fourth-order valence-electron chi connectivity index (χ4n) is 3.32. The number of benzene rings is 1. The van der Waals surface area contributed by atoms with Crippen LogP contribution in [0, 0.1) is 0 Å². The molecule has 3 rings (SSSR count). The molecule has 2 aromatic rings. The SMILES string of the molecule is CN=C(NCCCCn1cnnc1)NC1CCCN(c2ccccc2)C1. The summed E-state index contributed by atoms with van der Waals surface area (Å²) in [5.41, 5.74) is 1.30. The Morgan fingerprint density at radius 3 is 2.77 bits per heavy atom. The van der Waals surface area contributed by atoms with E-state index in [4.69, 9.17) is 0 Å². The highest BCUT2D eigenvalue weighted by Gasteiger charge is 2.20. The van der Waals surface area contributed by atoms with Gasteiger partial charge in [0.05, 0.1) is 0 Å². The summed E-state index contributed by atoms with van der Waals surface area (Å²) in [7, 11) is 1.84. The minimum Gasteiger partial charge on any atom is -0.369 e. The van der Waals surface area contributed by atoms with Crippen LogP contribution in [0.1, 0.15) is 25.7 Å². The third-order valence-corrected chi connectivity index (χ3v) is 4.71. The smallest absolute Gasteiger partial charge is 0.191 e. The number of guanidine groups is 1. The van der Waals surface area contributed by atoms with Crippen molar-refractivity contribution in [2.24, 2.45) is 4.99 Å². The number of rotatable bonds is 7. The fourth-order valence-corrected chi connectivity index (χ4v) is 3.32. The van der Waals surface area contributed by atoms with Gasteiger partial charge in [0.1, 0.15) is 12.7 Å². The van der Waals surface area contributed by atoms with E-state index in [2.05, 4.69) is 61.1 Å².